The number of carbonyl (C=O) groups excluding carboxylic acids is 1. The van der Waals surface area contributed by atoms with Gasteiger partial charge in [0.15, 0.2) is 5.13 Å². The molecular formula is C17H13Cl2N3OS. The molecule has 0 saturated carbocycles. The van der Waals surface area contributed by atoms with Gasteiger partial charge in [0.1, 0.15) is 0 Å². The molecule has 122 valence electrons. The average Bonchev–Trinajstić information content (AvgIpc) is 3.05. The van der Waals surface area contributed by atoms with E-state index in [1.54, 1.807) is 24.5 Å². The topological polar surface area (TPSA) is 54.9 Å². The second-order valence-electron chi connectivity index (χ2n) is 5.07. The Morgan fingerprint density at radius 2 is 1.92 bits per heavy atom. The third-order valence-electron chi connectivity index (χ3n) is 3.35. The lowest BCUT2D eigenvalue weighted by atomic mass is 10.1. The average molecular weight is 378 g/mol. The van der Waals surface area contributed by atoms with Crippen molar-refractivity contribution in [2.45, 2.75) is 12.8 Å². The van der Waals surface area contributed by atoms with E-state index in [-0.39, 0.29) is 5.91 Å². The van der Waals surface area contributed by atoms with Crippen LogP contribution in [-0.4, -0.2) is 15.9 Å². The van der Waals surface area contributed by atoms with Crippen molar-refractivity contribution in [2.24, 2.45) is 0 Å². The zero-order valence-corrected chi connectivity index (χ0v) is 14.8. The number of carbonyl (C=O) groups is 1. The molecule has 24 heavy (non-hydrogen) atoms. The van der Waals surface area contributed by atoms with E-state index in [2.05, 4.69) is 15.3 Å². The molecule has 2 aromatic heterocycles. The molecule has 0 aliphatic heterocycles. The van der Waals surface area contributed by atoms with Gasteiger partial charge in [-0.25, -0.2) is 4.98 Å². The van der Waals surface area contributed by atoms with Crippen LogP contribution in [0.2, 0.25) is 10.0 Å². The first-order chi connectivity index (χ1) is 11.6. The van der Waals surface area contributed by atoms with E-state index in [1.165, 1.54) is 11.3 Å². The van der Waals surface area contributed by atoms with Gasteiger partial charge < -0.3 is 5.32 Å². The highest BCUT2D eigenvalue weighted by Crippen LogP contribution is 2.25. The molecule has 0 bridgehead atoms. The zero-order chi connectivity index (χ0) is 16.9. The second kappa shape index (κ2) is 7.75. The minimum Gasteiger partial charge on any atom is -0.302 e. The molecule has 0 aliphatic rings. The lowest BCUT2D eigenvalue weighted by Gasteiger charge is -2.04. The smallest absolute Gasteiger partial charge is 0.226 e. The number of hydrogen-bond acceptors (Lipinski definition) is 4. The van der Waals surface area contributed by atoms with E-state index in [0.29, 0.717) is 28.0 Å². The molecule has 1 amide bonds. The molecule has 0 atom stereocenters. The maximum Gasteiger partial charge on any atom is 0.226 e. The minimum atomic E-state index is -0.0864. The van der Waals surface area contributed by atoms with Gasteiger partial charge in [-0.3, -0.25) is 9.78 Å². The van der Waals surface area contributed by atoms with Crippen molar-refractivity contribution in [3.05, 3.63) is 63.7 Å². The van der Waals surface area contributed by atoms with E-state index < -0.39 is 0 Å². The summed E-state index contributed by atoms with van der Waals surface area (Å²) in [6.07, 6.45) is 4.36. The lowest BCUT2D eigenvalue weighted by Crippen LogP contribution is -2.12. The van der Waals surface area contributed by atoms with Gasteiger partial charge in [-0.2, -0.15) is 0 Å². The Bertz CT molecular complexity index is 852. The fourth-order valence-electron chi connectivity index (χ4n) is 2.12. The van der Waals surface area contributed by atoms with Crippen LogP contribution in [0.25, 0.3) is 11.3 Å². The summed E-state index contributed by atoms with van der Waals surface area (Å²) in [6.45, 7) is 0. The van der Waals surface area contributed by atoms with E-state index in [1.807, 2.05) is 23.6 Å². The maximum absolute atomic E-state index is 12.1. The predicted octanol–water partition coefficient (Wildman–Crippen LogP) is 5.08. The van der Waals surface area contributed by atoms with Gasteiger partial charge in [0.2, 0.25) is 5.91 Å². The first kappa shape index (κ1) is 16.9. The molecule has 0 radical (unpaired) electrons. The van der Waals surface area contributed by atoms with E-state index >= 15 is 0 Å². The van der Waals surface area contributed by atoms with Crippen molar-refractivity contribution in [3.63, 3.8) is 0 Å². The highest BCUT2D eigenvalue weighted by atomic mass is 35.5. The highest BCUT2D eigenvalue weighted by Gasteiger charge is 2.09. The molecule has 0 aliphatic carbocycles. The molecule has 1 aromatic carbocycles. The highest BCUT2D eigenvalue weighted by molar-refractivity contribution is 7.14. The maximum atomic E-state index is 12.1. The summed E-state index contributed by atoms with van der Waals surface area (Å²) in [5.41, 5.74) is 2.76. The van der Waals surface area contributed by atoms with Crippen molar-refractivity contribution in [1.29, 1.82) is 0 Å². The van der Waals surface area contributed by atoms with Crippen molar-refractivity contribution in [3.8, 4) is 11.3 Å². The lowest BCUT2D eigenvalue weighted by molar-refractivity contribution is -0.116. The van der Waals surface area contributed by atoms with E-state index in [0.717, 1.165) is 16.8 Å². The van der Waals surface area contributed by atoms with Crippen LogP contribution in [0.5, 0.6) is 0 Å². The predicted molar refractivity (Wildman–Crippen MR) is 98.8 cm³/mol. The normalized spacial score (nSPS) is 10.6. The summed E-state index contributed by atoms with van der Waals surface area (Å²) in [7, 11) is 0. The number of rotatable bonds is 5. The van der Waals surface area contributed by atoms with Crippen LogP contribution in [0.15, 0.2) is 48.1 Å². The number of nitrogens with zero attached hydrogens (tertiary/aromatic N) is 2. The third-order valence-corrected chi connectivity index (χ3v) is 4.85. The monoisotopic (exact) mass is 377 g/mol. The summed E-state index contributed by atoms with van der Waals surface area (Å²) in [4.78, 5) is 20.5. The molecule has 7 heteroatoms. The van der Waals surface area contributed by atoms with Crippen LogP contribution in [0, 0.1) is 0 Å². The van der Waals surface area contributed by atoms with E-state index in [9.17, 15) is 4.79 Å². The second-order valence-corrected chi connectivity index (χ2v) is 6.74. The molecule has 4 nitrogen and oxygen atoms in total. The Hall–Kier alpha value is -1.95. The number of halogens is 2. The number of amides is 1. The number of aromatic nitrogens is 2. The molecule has 0 fully saturated rings. The van der Waals surface area contributed by atoms with Gasteiger partial charge in [0.25, 0.3) is 0 Å². The largest absolute Gasteiger partial charge is 0.302 e. The molecule has 0 spiro atoms. The third kappa shape index (κ3) is 4.32. The summed E-state index contributed by atoms with van der Waals surface area (Å²) >= 11 is 13.3. The standard InChI is InChI=1S/C17H13Cl2N3OS/c18-13-3-1-11(9-14(13)19)2-4-16(23)22-17-21-15(10-24-17)12-5-7-20-8-6-12/h1,3,5-10H,2,4H2,(H,21,22,23). The van der Waals surface area contributed by atoms with Gasteiger partial charge in [-0.1, -0.05) is 29.3 Å². The number of aryl methyl sites for hydroxylation is 1. The molecule has 0 saturated heterocycles. The van der Waals surface area contributed by atoms with Gasteiger partial charge in [-0.15, -0.1) is 11.3 Å². The molecule has 2 heterocycles. The molecule has 3 aromatic rings. The van der Waals surface area contributed by atoms with Gasteiger partial charge in [0, 0.05) is 29.8 Å². The summed E-state index contributed by atoms with van der Waals surface area (Å²) in [5.74, 6) is -0.0864. The minimum absolute atomic E-state index is 0.0864. The Labute approximate surface area is 153 Å². The fraction of sp³-hybridized carbons (Fsp3) is 0.118. The SMILES string of the molecule is O=C(CCc1ccc(Cl)c(Cl)c1)Nc1nc(-c2ccncc2)cs1. The van der Waals surface area contributed by atoms with Crippen molar-refractivity contribution in [2.75, 3.05) is 5.32 Å². The number of anilines is 1. The van der Waals surface area contributed by atoms with Crippen LogP contribution in [0.4, 0.5) is 5.13 Å². The van der Waals surface area contributed by atoms with Crippen molar-refractivity contribution in [1.82, 2.24) is 9.97 Å². The van der Waals surface area contributed by atoms with Crippen molar-refractivity contribution < 1.29 is 4.79 Å². The van der Waals surface area contributed by atoms with Crippen LogP contribution in [0.1, 0.15) is 12.0 Å². The number of hydrogen-bond donors (Lipinski definition) is 1. The van der Waals surface area contributed by atoms with Gasteiger partial charge >= 0.3 is 0 Å². The Kier molecular flexibility index (Phi) is 5.45. The van der Waals surface area contributed by atoms with Crippen LogP contribution >= 0.6 is 34.5 Å². The Morgan fingerprint density at radius 1 is 1.12 bits per heavy atom. The van der Waals surface area contributed by atoms with Crippen LogP contribution in [0.3, 0.4) is 0 Å². The van der Waals surface area contributed by atoms with Gasteiger partial charge in [0.05, 0.1) is 15.7 Å². The summed E-state index contributed by atoms with van der Waals surface area (Å²) in [6, 6.07) is 9.14. The number of nitrogens with one attached hydrogen (secondary N) is 1. The van der Waals surface area contributed by atoms with Crippen LogP contribution in [-0.2, 0) is 11.2 Å². The number of pyridine rings is 1. The molecule has 0 unspecified atom stereocenters. The number of thiazole rings is 1. The first-order valence-corrected chi connectivity index (χ1v) is 8.85. The van der Waals surface area contributed by atoms with Crippen molar-refractivity contribution >= 4 is 45.6 Å². The fourth-order valence-corrected chi connectivity index (χ4v) is 3.18. The zero-order valence-electron chi connectivity index (χ0n) is 12.5. The van der Waals surface area contributed by atoms with E-state index in [4.69, 9.17) is 23.2 Å². The molecule has 1 N–H and O–H groups in total. The Balaban J connectivity index is 1.57. The molecular weight excluding hydrogens is 365 g/mol. The summed E-state index contributed by atoms with van der Waals surface area (Å²) < 4.78 is 0. The quantitative estimate of drug-likeness (QED) is 0.673. The summed E-state index contributed by atoms with van der Waals surface area (Å²) in [5, 5.41) is 6.32. The first-order valence-electron chi connectivity index (χ1n) is 7.21. The Morgan fingerprint density at radius 3 is 2.67 bits per heavy atom. The number of benzene rings is 1. The van der Waals surface area contributed by atoms with Gasteiger partial charge in [-0.05, 0) is 36.2 Å². The molecule has 3 rings (SSSR count). The van der Waals surface area contributed by atoms with Crippen LogP contribution < -0.4 is 5.32 Å².